The number of Topliss-reactive ketones (excluding diaryl/α,β-unsaturated/α-hetero) is 1. The monoisotopic (exact) mass is 575 g/mol. The third-order valence-electron chi connectivity index (χ3n) is 7.34. The van der Waals surface area contributed by atoms with Gasteiger partial charge < -0.3 is 14.6 Å². The van der Waals surface area contributed by atoms with Gasteiger partial charge in [-0.05, 0) is 62.1 Å². The van der Waals surface area contributed by atoms with Gasteiger partial charge in [0.25, 0.3) is 11.8 Å². The average molecular weight is 576 g/mol. The number of amides is 1. The first-order valence-corrected chi connectivity index (χ1v) is 13.6. The number of fused-ring (bicyclic) bond motifs is 1. The van der Waals surface area contributed by atoms with Gasteiger partial charge in [0.1, 0.15) is 23.7 Å². The third-order valence-corrected chi connectivity index (χ3v) is 7.63. The van der Waals surface area contributed by atoms with E-state index in [-0.39, 0.29) is 52.6 Å². The molecule has 0 unspecified atom stereocenters. The lowest BCUT2D eigenvalue weighted by atomic mass is 10.0. The van der Waals surface area contributed by atoms with Gasteiger partial charge in [-0.2, -0.15) is 0 Å². The average Bonchev–Trinajstić information content (AvgIpc) is 3.75. The number of alkyl halides is 2. The van der Waals surface area contributed by atoms with Crippen molar-refractivity contribution in [2.45, 2.75) is 50.6 Å². The van der Waals surface area contributed by atoms with Crippen molar-refractivity contribution in [3.63, 3.8) is 0 Å². The Morgan fingerprint density at radius 1 is 1.10 bits per heavy atom. The summed E-state index contributed by atoms with van der Waals surface area (Å²) in [7, 11) is 0. The maximum absolute atomic E-state index is 14.2. The van der Waals surface area contributed by atoms with Gasteiger partial charge in [-0.15, -0.1) is 0 Å². The van der Waals surface area contributed by atoms with Crippen LogP contribution in [0.1, 0.15) is 54.6 Å². The summed E-state index contributed by atoms with van der Waals surface area (Å²) < 4.78 is 48.1. The number of piperidine rings is 1. The van der Waals surface area contributed by atoms with E-state index in [9.17, 15) is 27.6 Å². The maximum Gasteiger partial charge on any atom is 0.270 e. The number of ether oxygens (including phenoxy) is 1. The lowest BCUT2D eigenvalue weighted by Gasteiger charge is -2.31. The molecule has 11 heteroatoms. The summed E-state index contributed by atoms with van der Waals surface area (Å²) in [5, 5.41) is 2.97. The molecule has 5 rings (SSSR count). The second-order valence-electron chi connectivity index (χ2n) is 10.6. The number of benzene rings is 2. The Bertz CT molecular complexity index is 1490. The van der Waals surface area contributed by atoms with Gasteiger partial charge in [0, 0.05) is 49.2 Å². The smallest absolute Gasteiger partial charge is 0.270 e. The molecule has 2 aromatic carbocycles. The van der Waals surface area contributed by atoms with E-state index in [0.29, 0.717) is 37.2 Å². The largest absolute Gasteiger partial charge is 0.486 e. The SMILES string of the molecule is CC(F)(F)c1ccc(OCC(=O)CN2CCC(NC(=O)c3cn(C4CC4)c4cc(Cl)c(F)cc4c3=O)CC2)cc1. The molecule has 1 amide bonds. The molecule has 0 atom stereocenters. The molecule has 0 spiro atoms. The highest BCUT2D eigenvalue weighted by Crippen LogP contribution is 2.37. The van der Waals surface area contributed by atoms with Gasteiger partial charge in [0.2, 0.25) is 5.43 Å². The van der Waals surface area contributed by atoms with Gasteiger partial charge >= 0.3 is 0 Å². The van der Waals surface area contributed by atoms with Crippen molar-refractivity contribution in [1.82, 2.24) is 14.8 Å². The van der Waals surface area contributed by atoms with E-state index in [4.69, 9.17) is 16.3 Å². The Balaban J connectivity index is 1.14. The van der Waals surface area contributed by atoms with Crippen LogP contribution in [0.2, 0.25) is 5.02 Å². The quantitative estimate of drug-likeness (QED) is 0.385. The summed E-state index contributed by atoms with van der Waals surface area (Å²) in [6.07, 6.45) is 4.52. The molecule has 1 aliphatic heterocycles. The first kappa shape index (κ1) is 28.2. The van der Waals surface area contributed by atoms with Gasteiger partial charge in [0.05, 0.1) is 17.1 Å². The Hall–Kier alpha value is -3.37. The molecule has 2 heterocycles. The van der Waals surface area contributed by atoms with Gasteiger partial charge in [-0.3, -0.25) is 19.3 Å². The zero-order chi connectivity index (χ0) is 28.6. The van der Waals surface area contributed by atoms with Crippen LogP contribution in [0.5, 0.6) is 5.75 Å². The van der Waals surface area contributed by atoms with Gasteiger partial charge in [-0.25, -0.2) is 13.2 Å². The van der Waals surface area contributed by atoms with Crippen LogP contribution in [0.15, 0.2) is 47.4 Å². The molecule has 3 aromatic rings. The van der Waals surface area contributed by atoms with E-state index in [1.165, 1.54) is 30.3 Å². The molecule has 2 fully saturated rings. The van der Waals surface area contributed by atoms with Crippen molar-refractivity contribution in [1.29, 1.82) is 0 Å². The number of hydrogen-bond donors (Lipinski definition) is 1. The molecule has 40 heavy (non-hydrogen) atoms. The van der Waals surface area contributed by atoms with Crippen LogP contribution < -0.4 is 15.5 Å². The highest BCUT2D eigenvalue weighted by atomic mass is 35.5. The lowest BCUT2D eigenvalue weighted by molar-refractivity contribution is -0.122. The molecule has 1 saturated heterocycles. The van der Waals surface area contributed by atoms with Crippen LogP contribution in [0.4, 0.5) is 13.2 Å². The molecule has 1 aliphatic carbocycles. The first-order valence-electron chi connectivity index (χ1n) is 13.2. The summed E-state index contributed by atoms with van der Waals surface area (Å²) in [6.45, 7) is 1.92. The second-order valence-corrected chi connectivity index (χ2v) is 11.0. The predicted molar refractivity (Wildman–Crippen MR) is 145 cm³/mol. The number of carbonyl (C=O) groups excluding carboxylic acids is 2. The van der Waals surface area contributed by atoms with E-state index >= 15 is 0 Å². The van der Waals surface area contributed by atoms with E-state index < -0.39 is 23.1 Å². The predicted octanol–water partition coefficient (Wildman–Crippen LogP) is 5.08. The number of rotatable bonds is 9. The number of carbonyl (C=O) groups is 2. The van der Waals surface area contributed by atoms with Crippen LogP contribution in [0, 0.1) is 5.82 Å². The minimum absolute atomic E-state index is 0.0356. The van der Waals surface area contributed by atoms with Crippen molar-refractivity contribution in [3.8, 4) is 5.75 Å². The molecule has 0 bridgehead atoms. The topological polar surface area (TPSA) is 80.6 Å². The van der Waals surface area contributed by atoms with Gasteiger partial charge in [-0.1, -0.05) is 11.6 Å². The van der Waals surface area contributed by atoms with Crippen molar-refractivity contribution in [2.24, 2.45) is 0 Å². The minimum Gasteiger partial charge on any atom is -0.486 e. The molecule has 0 radical (unpaired) electrons. The zero-order valence-electron chi connectivity index (χ0n) is 21.9. The van der Waals surface area contributed by atoms with Crippen molar-refractivity contribution in [2.75, 3.05) is 26.2 Å². The highest BCUT2D eigenvalue weighted by Gasteiger charge is 2.29. The number of nitrogens with one attached hydrogen (secondary N) is 1. The summed E-state index contributed by atoms with van der Waals surface area (Å²) in [6, 6.07) is 7.84. The van der Waals surface area contributed by atoms with E-state index in [1.54, 1.807) is 6.20 Å². The highest BCUT2D eigenvalue weighted by molar-refractivity contribution is 6.31. The number of halogens is 4. The lowest BCUT2D eigenvalue weighted by Crippen LogP contribution is -2.47. The minimum atomic E-state index is -2.95. The zero-order valence-corrected chi connectivity index (χ0v) is 22.6. The Morgan fingerprint density at radius 3 is 2.40 bits per heavy atom. The summed E-state index contributed by atoms with van der Waals surface area (Å²) >= 11 is 5.95. The molecule has 1 aromatic heterocycles. The Kier molecular flexibility index (Phi) is 7.92. The number of ketones is 1. The van der Waals surface area contributed by atoms with Gasteiger partial charge in [0.15, 0.2) is 5.78 Å². The Labute approximate surface area is 233 Å². The van der Waals surface area contributed by atoms with Crippen molar-refractivity contribution in [3.05, 3.63) is 74.8 Å². The number of pyridine rings is 1. The van der Waals surface area contributed by atoms with Crippen LogP contribution in [0.3, 0.4) is 0 Å². The van der Waals surface area contributed by atoms with Crippen LogP contribution in [0.25, 0.3) is 10.9 Å². The standard InChI is InChI=1S/C29H29ClF3N3O4/c1-29(32,33)17-2-6-21(7-3-17)40-16-20(37)14-35-10-8-18(9-11-35)34-28(39)23-15-36(19-4-5-19)26-13-24(30)25(31)12-22(26)27(23)38/h2-3,6-7,12-13,15,18-19H,4-5,8-11,14,16H2,1H3,(H,34,39). The second kappa shape index (κ2) is 11.2. The molecule has 2 aliphatic rings. The summed E-state index contributed by atoms with van der Waals surface area (Å²) in [5.41, 5.74) is -0.196. The fraction of sp³-hybridized carbons (Fsp3) is 0.414. The third kappa shape index (κ3) is 6.33. The molecule has 7 nitrogen and oxygen atoms in total. The number of hydrogen-bond acceptors (Lipinski definition) is 5. The molecule has 1 saturated carbocycles. The number of aromatic nitrogens is 1. The summed E-state index contributed by atoms with van der Waals surface area (Å²) in [5.74, 6) is -3.98. The first-order chi connectivity index (χ1) is 19.0. The maximum atomic E-state index is 14.2. The van der Waals surface area contributed by atoms with Crippen LogP contribution >= 0.6 is 11.6 Å². The van der Waals surface area contributed by atoms with E-state index in [1.807, 2.05) is 9.47 Å². The normalized spacial score (nSPS) is 16.7. The molecule has 212 valence electrons. The number of likely N-dealkylation sites (tertiary alicyclic amines) is 1. The van der Waals surface area contributed by atoms with Crippen LogP contribution in [-0.2, 0) is 10.7 Å². The summed E-state index contributed by atoms with van der Waals surface area (Å²) in [4.78, 5) is 40.6. The van der Waals surface area contributed by atoms with Crippen molar-refractivity contribution < 1.29 is 27.5 Å². The number of nitrogens with zero attached hydrogens (tertiary/aromatic N) is 2. The van der Waals surface area contributed by atoms with E-state index in [0.717, 1.165) is 25.8 Å². The fourth-order valence-corrected chi connectivity index (χ4v) is 5.12. The Morgan fingerprint density at radius 2 is 1.77 bits per heavy atom. The van der Waals surface area contributed by atoms with Crippen molar-refractivity contribution >= 4 is 34.2 Å². The fourth-order valence-electron chi connectivity index (χ4n) is 4.96. The molecular formula is C29H29ClF3N3O4. The van der Waals surface area contributed by atoms with E-state index in [2.05, 4.69) is 5.32 Å². The molecular weight excluding hydrogens is 547 g/mol. The molecule has 1 N–H and O–H groups in total. The van der Waals surface area contributed by atoms with Crippen LogP contribution in [-0.4, -0.2) is 53.4 Å².